The van der Waals surface area contributed by atoms with Gasteiger partial charge in [0.2, 0.25) is 0 Å². The van der Waals surface area contributed by atoms with Crippen LogP contribution in [-0.4, -0.2) is 41.9 Å². The van der Waals surface area contributed by atoms with E-state index in [1.54, 1.807) is 18.6 Å². The van der Waals surface area contributed by atoms with Gasteiger partial charge in [-0.15, -0.1) is 0 Å². The van der Waals surface area contributed by atoms with Gasteiger partial charge in [-0.2, -0.15) is 0 Å². The van der Waals surface area contributed by atoms with Crippen LogP contribution in [0.2, 0.25) is 0 Å². The van der Waals surface area contributed by atoms with Crippen molar-refractivity contribution in [2.45, 2.75) is 32.7 Å². The van der Waals surface area contributed by atoms with Gasteiger partial charge in [0.15, 0.2) is 0 Å². The first-order valence-corrected chi connectivity index (χ1v) is 9.23. The van der Waals surface area contributed by atoms with Crippen molar-refractivity contribution in [2.24, 2.45) is 5.41 Å². The van der Waals surface area contributed by atoms with Crippen LogP contribution in [0, 0.1) is 12.3 Å². The van der Waals surface area contributed by atoms with Crippen LogP contribution in [0.5, 0.6) is 0 Å². The second-order valence-corrected chi connectivity index (χ2v) is 7.79. The van der Waals surface area contributed by atoms with Gasteiger partial charge in [0.05, 0.1) is 11.8 Å². The highest BCUT2D eigenvalue weighted by atomic mass is 16.3. The molecule has 2 saturated heterocycles. The first-order valence-electron chi connectivity index (χ1n) is 9.23. The maximum absolute atomic E-state index is 12.6. The lowest BCUT2D eigenvalue weighted by Crippen LogP contribution is -2.45. The zero-order valence-electron chi connectivity index (χ0n) is 14.9. The summed E-state index contributed by atoms with van der Waals surface area (Å²) in [7, 11) is 0. The predicted molar refractivity (Wildman–Crippen MR) is 97.4 cm³/mol. The molecule has 2 aliphatic heterocycles. The highest BCUT2D eigenvalue weighted by molar-refractivity contribution is 5.94. The minimum absolute atomic E-state index is 0.112. The molecule has 1 amide bonds. The van der Waals surface area contributed by atoms with Crippen molar-refractivity contribution >= 4 is 5.91 Å². The van der Waals surface area contributed by atoms with Crippen LogP contribution < -0.4 is 0 Å². The van der Waals surface area contributed by atoms with E-state index in [4.69, 9.17) is 4.42 Å². The number of nitrogens with zero attached hydrogens (tertiary/aromatic N) is 2. The van der Waals surface area contributed by atoms with Crippen molar-refractivity contribution in [2.75, 3.05) is 26.2 Å². The van der Waals surface area contributed by atoms with Gasteiger partial charge in [0.1, 0.15) is 6.26 Å². The van der Waals surface area contributed by atoms with Crippen molar-refractivity contribution in [1.29, 1.82) is 0 Å². The Balaban J connectivity index is 1.41. The predicted octanol–water partition coefficient (Wildman–Crippen LogP) is 3.72. The topological polar surface area (TPSA) is 36.7 Å². The number of amides is 1. The molecule has 0 unspecified atom stereocenters. The number of furan rings is 1. The molecule has 0 N–H and O–H groups in total. The van der Waals surface area contributed by atoms with E-state index in [1.807, 2.05) is 4.90 Å². The molecular formula is C21H26N2O2. The Morgan fingerprint density at radius 2 is 2.12 bits per heavy atom. The Kier molecular flexibility index (Phi) is 4.38. The SMILES string of the molecule is Cc1cccc(CN2CCC[C@@]3(CCN(C(=O)c4ccoc4)C3)C2)c1. The fourth-order valence-corrected chi connectivity index (χ4v) is 4.52. The zero-order valence-corrected chi connectivity index (χ0v) is 14.9. The molecule has 25 heavy (non-hydrogen) atoms. The molecule has 4 heteroatoms. The Morgan fingerprint density at radius 1 is 1.20 bits per heavy atom. The minimum atomic E-state index is 0.112. The smallest absolute Gasteiger partial charge is 0.257 e. The van der Waals surface area contributed by atoms with Crippen molar-refractivity contribution in [1.82, 2.24) is 9.80 Å². The molecule has 0 radical (unpaired) electrons. The summed E-state index contributed by atoms with van der Waals surface area (Å²) in [6.07, 6.45) is 6.69. The third kappa shape index (κ3) is 3.49. The summed E-state index contributed by atoms with van der Waals surface area (Å²) in [6.45, 7) is 7.15. The molecule has 1 spiro atoms. The summed E-state index contributed by atoms with van der Waals surface area (Å²) >= 11 is 0. The number of carbonyl (C=O) groups is 1. The van der Waals surface area contributed by atoms with E-state index in [1.165, 1.54) is 24.0 Å². The largest absolute Gasteiger partial charge is 0.472 e. The molecule has 4 rings (SSSR count). The molecule has 3 heterocycles. The van der Waals surface area contributed by atoms with E-state index in [0.717, 1.165) is 39.1 Å². The molecule has 0 aliphatic carbocycles. The second-order valence-electron chi connectivity index (χ2n) is 7.79. The van der Waals surface area contributed by atoms with Crippen LogP contribution in [-0.2, 0) is 6.54 Å². The van der Waals surface area contributed by atoms with E-state index in [-0.39, 0.29) is 11.3 Å². The normalized spacial score (nSPS) is 24.1. The molecule has 0 bridgehead atoms. The third-order valence-corrected chi connectivity index (χ3v) is 5.72. The fraction of sp³-hybridized carbons (Fsp3) is 0.476. The minimum Gasteiger partial charge on any atom is -0.472 e. The summed E-state index contributed by atoms with van der Waals surface area (Å²) in [5, 5.41) is 0. The maximum Gasteiger partial charge on any atom is 0.257 e. The van der Waals surface area contributed by atoms with Gasteiger partial charge >= 0.3 is 0 Å². The van der Waals surface area contributed by atoms with E-state index in [0.29, 0.717) is 5.56 Å². The molecule has 4 nitrogen and oxygen atoms in total. The second kappa shape index (κ2) is 6.68. The van der Waals surface area contributed by atoms with Crippen LogP contribution >= 0.6 is 0 Å². The standard InChI is InChI=1S/C21H26N2O2/c1-17-4-2-5-18(12-17)13-22-9-3-7-21(15-22)8-10-23(16-21)20(24)19-6-11-25-14-19/h2,4-6,11-12,14H,3,7-10,13,15-16H2,1H3/t21-/m1/s1. The van der Waals surface area contributed by atoms with Gasteiger partial charge in [-0.25, -0.2) is 0 Å². The third-order valence-electron chi connectivity index (χ3n) is 5.72. The van der Waals surface area contributed by atoms with Crippen molar-refractivity contribution in [3.63, 3.8) is 0 Å². The number of benzene rings is 1. The number of aryl methyl sites for hydroxylation is 1. The van der Waals surface area contributed by atoms with Crippen molar-refractivity contribution in [3.05, 3.63) is 59.5 Å². The van der Waals surface area contributed by atoms with Crippen LogP contribution in [0.4, 0.5) is 0 Å². The lowest BCUT2D eigenvalue weighted by molar-refractivity contribution is 0.0675. The van der Waals surface area contributed by atoms with Crippen molar-refractivity contribution in [3.8, 4) is 0 Å². The van der Waals surface area contributed by atoms with E-state index in [2.05, 4.69) is 36.1 Å². The molecule has 2 aliphatic rings. The summed E-state index contributed by atoms with van der Waals surface area (Å²) in [6, 6.07) is 10.6. The van der Waals surface area contributed by atoms with Crippen LogP contribution in [0.25, 0.3) is 0 Å². The molecule has 0 saturated carbocycles. The molecule has 1 aromatic carbocycles. The first kappa shape index (κ1) is 16.4. The number of hydrogen-bond donors (Lipinski definition) is 0. The number of rotatable bonds is 3. The maximum atomic E-state index is 12.6. The first-order chi connectivity index (χ1) is 12.1. The average Bonchev–Trinajstić information content (AvgIpc) is 3.25. The number of hydrogen-bond acceptors (Lipinski definition) is 3. The molecule has 132 valence electrons. The van der Waals surface area contributed by atoms with Crippen LogP contribution in [0.15, 0.2) is 47.3 Å². The quantitative estimate of drug-likeness (QED) is 0.856. The highest BCUT2D eigenvalue weighted by Gasteiger charge is 2.42. The van der Waals surface area contributed by atoms with Gasteiger partial charge in [-0.3, -0.25) is 9.69 Å². The van der Waals surface area contributed by atoms with Gasteiger partial charge in [-0.05, 0) is 44.4 Å². The van der Waals surface area contributed by atoms with Crippen molar-refractivity contribution < 1.29 is 9.21 Å². The fourth-order valence-electron chi connectivity index (χ4n) is 4.52. The zero-order chi connectivity index (χ0) is 17.3. The van der Waals surface area contributed by atoms with Crippen LogP contribution in [0.1, 0.15) is 40.7 Å². The van der Waals surface area contributed by atoms with Crippen LogP contribution in [0.3, 0.4) is 0 Å². The lowest BCUT2D eigenvalue weighted by atomic mass is 9.79. The lowest BCUT2D eigenvalue weighted by Gasteiger charge is -2.40. The molecule has 2 aromatic rings. The van der Waals surface area contributed by atoms with Gasteiger partial charge in [-0.1, -0.05) is 29.8 Å². The van der Waals surface area contributed by atoms with E-state index in [9.17, 15) is 4.79 Å². The van der Waals surface area contributed by atoms with E-state index >= 15 is 0 Å². The summed E-state index contributed by atoms with van der Waals surface area (Å²) in [4.78, 5) is 17.2. The Hall–Kier alpha value is -2.07. The Morgan fingerprint density at radius 3 is 2.92 bits per heavy atom. The highest BCUT2D eigenvalue weighted by Crippen LogP contribution is 2.39. The average molecular weight is 338 g/mol. The summed E-state index contributed by atoms with van der Waals surface area (Å²) in [5.41, 5.74) is 3.65. The molecular weight excluding hydrogens is 312 g/mol. The number of piperidine rings is 1. The van der Waals surface area contributed by atoms with E-state index < -0.39 is 0 Å². The number of carbonyl (C=O) groups excluding carboxylic acids is 1. The number of likely N-dealkylation sites (tertiary alicyclic amines) is 2. The molecule has 1 atom stereocenters. The molecule has 2 fully saturated rings. The summed E-state index contributed by atoms with van der Waals surface area (Å²) in [5.74, 6) is 0.112. The summed E-state index contributed by atoms with van der Waals surface area (Å²) < 4.78 is 5.07. The van der Waals surface area contributed by atoms with Gasteiger partial charge < -0.3 is 9.32 Å². The monoisotopic (exact) mass is 338 g/mol. The van der Waals surface area contributed by atoms with Gasteiger partial charge in [0.25, 0.3) is 5.91 Å². The Bertz CT molecular complexity index is 740. The Labute approximate surface area is 149 Å². The van der Waals surface area contributed by atoms with Gasteiger partial charge in [0, 0.05) is 31.6 Å². The molecule has 1 aromatic heterocycles.